The van der Waals surface area contributed by atoms with Crippen LogP contribution >= 0.6 is 0 Å². The number of urea groups is 1. The number of nitrogens with one attached hydrogen (secondary N) is 2. The maximum absolute atomic E-state index is 11.1. The third-order valence-corrected chi connectivity index (χ3v) is 2.68. The highest BCUT2D eigenvalue weighted by Gasteiger charge is 2.34. The number of amides is 2. The van der Waals surface area contributed by atoms with Gasteiger partial charge in [-0.15, -0.1) is 0 Å². The molecule has 1 atom stereocenters. The molecular weight excluding hydrogens is 176 g/mol. The monoisotopic (exact) mass is 190 g/mol. The van der Waals surface area contributed by atoms with E-state index < -0.39 is 0 Å². The quantitative estimate of drug-likeness (QED) is 0.692. The van der Waals surface area contributed by atoms with Gasteiger partial charge in [-0.3, -0.25) is 0 Å². The van der Waals surface area contributed by atoms with Crippen LogP contribution in [0.3, 0.4) is 0 Å². The van der Waals surface area contributed by atoms with E-state index in [-0.39, 0.29) is 11.6 Å². The second kappa shape index (κ2) is 3.01. The Morgan fingerprint density at radius 3 is 2.43 bits per heavy atom. The number of carbonyl (C=O) groups is 1. The van der Waals surface area contributed by atoms with E-state index in [9.17, 15) is 4.79 Å². The van der Waals surface area contributed by atoms with Gasteiger partial charge in [0.15, 0.2) is 0 Å². The van der Waals surface area contributed by atoms with Gasteiger partial charge in [0.05, 0.1) is 5.54 Å². The Morgan fingerprint density at radius 1 is 1.29 bits per heavy atom. The number of hydrogen-bond acceptors (Lipinski definition) is 1. The fourth-order valence-electron chi connectivity index (χ4n) is 1.69. The van der Waals surface area contributed by atoms with Crippen molar-refractivity contribution in [3.63, 3.8) is 0 Å². The van der Waals surface area contributed by atoms with Gasteiger partial charge in [0.2, 0.25) is 0 Å². The van der Waals surface area contributed by atoms with Crippen LogP contribution in [0.25, 0.3) is 0 Å². The molecule has 0 saturated carbocycles. The van der Waals surface area contributed by atoms with E-state index in [1.807, 2.05) is 6.92 Å². The summed E-state index contributed by atoms with van der Waals surface area (Å²) in [4.78, 5) is 11.1. The lowest BCUT2D eigenvalue weighted by Gasteiger charge is -2.23. The van der Waals surface area contributed by atoms with Gasteiger partial charge in [0.25, 0.3) is 0 Å². The zero-order valence-corrected chi connectivity index (χ0v) is 8.42. The van der Waals surface area contributed by atoms with Crippen LogP contribution in [-0.2, 0) is 5.54 Å². The van der Waals surface area contributed by atoms with Crippen molar-refractivity contribution in [1.82, 2.24) is 10.6 Å². The normalized spacial score (nSPS) is 25.7. The molecule has 1 aliphatic rings. The average molecular weight is 190 g/mol. The first-order valence-corrected chi connectivity index (χ1v) is 4.73. The largest absolute Gasteiger partial charge is 0.335 e. The zero-order chi connectivity index (χ0) is 10.2. The van der Waals surface area contributed by atoms with Gasteiger partial charge in [-0.2, -0.15) is 0 Å². The Morgan fingerprint density at radius 2 is 1.93 bits per heavy atom. The number of hydrogen-bond donors (Lipinski definition) is 2. The summed E-state index contributed by atoms with van der Waals surface area (Å²) in [6.45, 7) is 4.72. The lowest BCUT2D eigenvalue weighted by atomic mass is 9.93. The highest BCUT2D eigenvalue weighted by Crippen LogP contribution is 2.22. The van der Waals surface area contributed by atoms with E-state index in [0.29, 0.717) is 6.54 Å². The minimum atomic E-state index is -0.259. The summed E-state index contributed by atoms with van der Waals surface area (Å²) in [5.74, 6) is 0. The SMILES string of the molecule is Cc1ccc(C2(C)CNC(=O)N2)cc1. The van der Waals surface area contributed by atoms with Crippen molar-refractivity contribution in [2.24, 2.45) is 0 Å². The van der Waals surface area contributed by atoms with E-state index in [1.54, 1.807) is 0 Å². The summed E-state index contributed by atoms with van der Waals surface area (Å²) in [6, 6.07) is 8.15. The molecule has 0 aliphatic carbocycles. The van der Waals surface area contributed by atoms with Crippen LogP contribution in [0, 0.1) is 6.92 Å². The van der Waals surface area contributed by atoms with Crippen molar-refractivity contribution in [3.8, 4) is 0 Å². The summed E-state index contributed by atoms with van der Waals surface area (Å²) in [7, 11) is 0. The smallest absolute Gasteiger partial charge is 0.315 e. The van der Waals surface area contributed by atoms with Crippen LogP contribution in [0.2, 0.25) is 0 Å². The molecule has 2 rings (SSSR count). The van der Waals surface area contributed by atoms with Crippen LogP contribution in [0.1, 0.15) is 18.1 Å². The van der Waals surface area contributed by atoms with E-state index >= 15 is 0 Å². The maximum atomic E-state index is 11.1. The van der Waals surface area contributed by atoms with Gasteiger partial charge in [0.1, 0.15) is 0 Å². The van der Waals surface area contributed by atoms with Gasteiger partial charge in [-0.1, -0.05) is 29.8 Å². The summed E-state index contributed by atoms with van der Waals surface area (Å²) in [6.07, 6.45) is 0. The fraction of sp³-hybridized carbons (Fsp3) is 0.364. The Kier molecular flexibility index (Phi) is 1.95. The molecule has 1 fully saturated rings. The van der Waals surface area contributed by atoms with Crippen molar-refractivity contribution >= 4 is 6.03 Å². The molecule has 3 heteroatoms. The van der Waals surface area contributed by atoms with Crippen LogP contribution in [0.4, 0.5) is 4.79 Å². The molecule has 3 nitrogen and oxygen atoms in total. The van der Waals surface area contributed by atoms with Gasteiger partial charge in [0, 0.05) is 6.54 Å². The summed E-state index contributed by atoms with van der Waals surface area (Å²) in [5, 5.41) is 5.69. The van der Waals surface area contributed by atoms with E-state index in [2.05, 4.69) is 41.8 Å². The van der Waals surface area contributed by atoms with Crippen LogP contribution in [-0.4, -0.2) is 12.6 Å². The average Bonchev–Trinajstić information content (AvgIpc) is 2.48. The molecule has 2 amide bonds. The lowest BCUT2D eigenvalue weighted by Crippen LogP contribution is -2.37. The van der Waals surface area contributed by atoms with E-state index in [1.165, 1.54) is 5.56 Å². The third kappa shape index (κ3) is 1.45. The van der Waals surface area contributed by atoms with Gasteiger partial charge in [-0.25, -0.2) is 4.79 Å². The molecule has 1 heterocycles. The molecular formula is C11H14N2O. The predicted molar refractivity (Wildman–Crippen MR) is 55.1 cm³/mol. The first-order valence-electron chi connectivity index (χ1n) is 4.73. The molecule has 0 radical (unpaired) electrons. The highest BCUT2D eigenvalue weighted by molar-refractivity contribution is 5.77. The fourth-order valence-corrected chi connectivity index (χ4v) is 1.69. The Labute approximate surface area is 83.5 Å². The number of benzene rings is 1. The molecule has 14 heavy (non-hydrogen) atoms. The van der Waals surface area contributed by atoms with Gasteiger partial charge in [-0.05, 0) is 19.4 Å². The van der Waals surface area contributed by atoms with Crippen molar-refractivity contribution < 1.29 is 4.79 Å². The molecule has 1 aromatic rings. The van der Waals surface area contributed by atoms with Crippen LogP contribution in [0.15, 0.2) is 24.3 Å². The Bertz CT molecular complexity index is 358. The summed E-state index contributed by atoms with van der Waals surface area (Å²) in [5.41, 5.74) is 2.11. The standard InChI is InChI=1S/C11H14N2O/c1-8-3-5-9(6-4-8)11(2)7-12-10(14)13-11/h3-6H,7H2,1-2H3,(H2,12,13,14). The highest BCUT2D eigenvalue weighted by atomic mass is 16.2. The number of rotatable bonds is 1. The van der Waals surface area contributed by atoms with Crippen molar-refractivity contribution in [1.29, 1.82) is 0 Å². The number of carbonyl (C=O) groups excluding carboxylic acids is 1. The van der Waals surface area contributed by atoms with Crippen molar-refractivity contribution in [3.05, 3.63) is 35.4 Å². The molecule has 1 aliphatic heterocycles. The molecule has 0 spiro atoms. The van der Waals surface area contributed by atoms with Gasteiger partial charge >= 0.3 is 6.03 Å². The molecule has 1 unspecified atom stereocenters. The van der Waals surface area contributed by atoms with E-state index in [4.69, 9.17) is 0 Å². The van der Waals surface area contributed by atoms with Crippen LogP contribution in [0.5, 0.6) is 0 Å². The minimum absolute atomic E-state index is 0.0897. The first kappa shape index (κ1) is 9.06. The zero-order valence-electron chi connectivity index (χ0n) is 8.42. The predicted octanol–water partition coefficient (Wildman–Crippen LogP) is 1.52. The Hall–Kier alpha value is -1.51. The van der Waals surface area contributed by atoms with Crippen molar-refractivity contribution in [2.45, 2.75) is 19.4 Å². The molecule has 0 bridgehead atoms. The summed E-state index contributed by atoms with van der Waals surface area (Å²) < 4.78 is 0. The van der Waals surface area contributed by atoms with Crippen molar-refractivity contribution in [2.75, 3.05) is 6.54 Å². The second-order valence-electron chi connectivity index (χ2n) is 4.01. The number of aryl methyl sites for hydroxylation is 1. The summed E-state index contributed by atoms with van der Waals surface area (Å²) >= 11 is 0. The topological polar surface area (TPSA) is 41.1 Å². The third-order valence-electron chi connectivity index (χ3n) is 2.68. The second-order valence-corrected chi connectivity index (χ2v) is 4.01. The molecule has 0 aromatic heterocycles. The Balaban J connectivity index is 2.30. The molecule has 2 N–H and O–H groups in total. The van der Waals surface area contributed by atoms with E-state index in [0.717, 1.165) is 5.56 Å². The first-order chi connectivity index (χ1) is 6.60. The lowest BCUT2D eigenvalue weighted by molar-refractivity contribution is 0.245. The maximum Gasteiger partial charge on any atom is 0.315 e. The molecule has 74 valence electrons. The molecule has 1 aromatic carbocycles. The van der Waals surface area contributed by atoms with Gasteiger partial charge < -0.3 is 10.6 Å². The van der Waals surface area contributed by atoms with Crippen LogP contribution < -0.4 is 10.6 Å². The molecule has 1 saturated heterocycles. The minimum Gasteiger partial charge on any atom is -0.335 e.